The molecule has 0 N–H and O–H groups in total. The van der Waals surface area contributed by atoms with Crippen molar-refractivity contribution in [3.05, 3.63) is 0 Å². The van der Waals surface area contributed by atoms with E-state index in [9.17, 15) is 9.59 Å². The van der Waals surface area contributed by atoms with E-state index in [1.807, 2.05) is 0 Å². The number of ether oxygens (including phenoxy) is 1. The van der Waals surface area contributed by atoms with Crippen molar-refractivity contribution in [2.75, 3.05) is 6.61 Å². The lowest BCUT2D eigenvalue weighted by molar-refractivity contribution is -0.152. The second kappa shape index (κ2) is 3.71. The minimum Gasteiger partial charge on any atom is -0.465 e. The number of rotatable bonds is 2. The zero-order valence-corrected chi connectivity index (χ0v) is 8.49. The fourth-order valence-corrected chi connectivity index (χ4v) is 2.92. The predicted molar refractivity (Wildman–Crippen MR) is 50.6 cm³/mol. The standard InChI is InChI=1S/C11H16O3/c1-2-14-11(13)10-8-5-3-4-7(8)6-9(10)12/h7-8,10H,2-6H2,1H3/t7-,8-,10+/m0/s1. The molecule has 14 heavy (non-hydrogen) atoms. The summed E-state index contributed by atoms with van der Waals surface area (Å²) in [4.78, 5) is 23.2. The maximum absolute atomic E-state index is 11.6. The largest absolute Gasteiger partial charge is 0.465 e. The van der Waals surface area contributed by atoms with Crippen LogP contribution in [0.3, 0.4) is 0 Å². The summed E-state index contributed by atoms with van der Waals surface area (Å²) < 4.78 is 4.94. The van der Waals surface area contributed by atoms with E-state index < -0.39 is 5.92 Å². The van der Waals surface area contributed by atoms with Gasteiger partial charge in [0.1, 0.15) is 11.7 Å². The Labute approximate surface area is 83.8 Å². The molecule has 0 spiro atoms. The third kappa shape index (κ3) is 1.45. The van der Waals surface area contributed by atoms with Crippen LogP contribution in [-0.4, -0.2) is 18.4 Å². The molecule has 2 saturated carbocycles. The van der Waals surface area contributed by atoms with Gasteiger partial charge in [-0.05, 0) is 31.6 Å². The molecule has 0 saturated heterocycles. The van der Waals surface area contributed by atoms with E-state index in [0.717, 1.165) is 12.8 Å². The predicted octanol–water partition coefficient (Wildman–Crippen LogP) is 1.55. The molecule has 3 heteroatoms. The first kappa shape index (κ1) is 9.69. The van der Waals surface area contributed by atoms with E-state index in [2.05, 4.69) is 0 Å². The zero-order valence-electron chi connectivity index (χ0n) is 8.49. The summed E-state index contributed by atoms with van der Waals surface area (Å²) in [6.07, 6.45) is 3.92. The summed E-state index contributed by atoms with van der Waals surface area (Å²) in [6.45, 7) is 2.16. The van der Waals surface area contributed by atoms with Crippen molar-refractivity contribution in [2.24, 2.45) is 17.8 Å². The van der Waals surface area contributed by atoms with Gasteiger partial charge in [0.2, 0.25) is 0 Å². The highest BCUT2D eigenvalue weighted by Gasteiger charge is 2.48. The Balaban J connectivity index is 2.09. The Bertz CT molecular complexity index is 259. The Kier molecular flexibility index (Phi) is 2.57. The summed E-state index contributed by atoms with van der Waals surface area (Å²) in [5.74, 6) is 0.158. The van der Waals surface area contributed by atoms with Crippen molar-refractivity contribution in [3.63, 3.8) is 0 Å². The quantitative estimate of drug-likeness (QED) is 0.497. The number of carbonyl (C=O) groups is 2. The SMILES string of the molecule is CCOC(=O)[C@H]1C(=O)C[C@@H]2CCC[C@@H]21. The number of hydrogen-bond acceptors (Lipinski definition) is 3. The average Bonchev–Trinajstić information content (AvgIpc) is 2.63. The van der Waals surface area contributed by atoms with E-state index in [-0.39, 0.29) is 11.8 Å². The Morgan fingerprint density at radius 1 is 1.50 bits per heavy atom. The fourth-order valence-electron chi connectivity index (χ4n) is 2.92. The number of carbonyl (C=O) groups excluding carboxylic acids is 2. The van der Waals surface area contributed by atoms with Gasteiger partial charge < -0.3 is 4.74 Å². The van der Waals surface area contributed by atoms with Crippen LogP contribution < -0.4 is 0 Å². The van der Waals surface area contributed by atoms with Gasteiger partial charge in [0.25, 0.3) is 0 Å². The van der Waals surface area contributed by atoms with Crippen LogP contribution in [0.1, 0.15) is 32.6 Å². The molecular formula is C11H16O3. The Hall–Kier alpha value is -0.860. The van der Waals surface area contributed by atoms with Crippen molar-refractivity contribution in [1.82, 2.24) is 0 Å². The van der Waals surface area contributed by atoms with Gasteiger partial charge in [-0.3, -0.25) is 9.59 Å². The third-order valence-electron chi connectivity index (χ3n) is 3.50. The fraction of sp³-hybridized carbons (Fsp3) is 0.818. The first-order valence-corrected chi connectivity index (χ1v) is 5.43. The van der Waals surface area contributed by atoms with Gasteiger partial charge in [0.15, 0.2) is 0 Å². The van der Waals surface area contributed by atoms with Gasteiger partial charge in [0.05, 0.1) is 6.61 Å². The van der Waals surface area contributed by atoms with Crippen molar-refractivity contribution in [2.45, 2.75) is 32.6 Å². The summed E-state index contributed by atoms with van der Waals surface area (Å²) in [6, 6.07) is 0. The first-order valence-electron chi connectivity index (χ1n) is 5.43. The zero-order chi connectivity index (χ0) is 10.1. The number of fused-ring (bicyclic) bond motifs is 1. The molecule has 78 valence electrons. The average molecular weight is 196 g/mol. The minimum atomic E-state index is -0.428. The molecule has 0 heterocycles. The Morgan fingerprint density at radius 3 is 3.00 bits per heavy atom. The topological polar surface area (TPSA) is 43.4 Å². The third-order valence-corrected chi connectivity index (χ3v) is 3.50. The second-order valence-electron chi connectivity index (χ2n) is 4.25. The molecule has 3 atom stereocenters. The summed E-state index contributed by atoms with van der Waals surface area (Å²) >= 11 is 0. The molecule has 0 aromatic heterocycles. The number of ketones is 1. The molecular weight excluding hydrogens is 180 g/mol. The maximum Gasteiger partial charge on any atom is 0.316 e. The lowest BCUT2D eigenvalue weighted by Crippen LogP contribution is -2.27. The smallest absolute Gasteiger partial charge is 0.316 e. The monoisotopic (exact) mass is 196 g/mol. The molecule has 0 aliphatic heterocycles. The second-order valence-corrected chi connectivity index (χ2v) is 4.25. The lowest BCUT2D eigenvalue weighted by atomic mass is 9.92. The van der Waals surface area contributed by atoms with Crippen molar-refractivity contribution >= 4 is 11.8 Å². The van der Waals surface area contributed by atoms with Gasteiger partial charge in [-0.2, -0.15) is 0 Å². The van der Waals surface area contributed by atoms with E-state index in [0.29, 0.717) is 24.9 Å². The van der Waals surface area contributed by atoms with Crippen LogP contribution in [-0.2, 0) is 14.3 Å². The Morgan fingerprint density at radius 2 is 2.29 bits per heavy atom. The van der Waals surface area contributed by atoms with Crippen LogP contribution in [0.4, 0.5) is 0 Å². The summed E-state index contributed by atoms with van der Waals surface area (Å²) in [5.41, 5.74) is 0. The minimum absolute atomic E-state index is 0.109. The van der Waals surface area contributed by atoms with Crippen LogP contribution >= 0.6 is 0 Å². The molecule has 2 aliphatic rings. The van der Waals surface area contributed by atoms with Gasteiger partial charge in [-0.15, -0.1) is 0 Å². The highest BCUT2D eigenvalue weighted by Crippen LogP contribution is 2.46. The number of Topliss-reactive ketones (excluding diaryl/α,β-unsaturated/α-hetero) is 1. The van der Waals surface area contributed by atoms with Gasteiger partial charge >= 0.3 is 5.97 Å². The van der Waals surface area contributed by atoms with E-state index in [1.54, 1.807) is 6.92 Å². The molecule has 2 aliphatic carbocycles. The molecule has 3 nitrogen and oxygen atoms in total. The molecule has 2 fully saturated rings. The van der Waals surface area contributed by atoms with Crippen LogP contribution in [0.2, 0.25) is 0 Å². The molecule has 0 unspecified atom stereocenters. The first-order chi connectivity index (χ1) is 6.74. The molecule has 2 rings (SSSR count). The summed E-state index contributed by atoms with van der Waals surface area (Å²) in [7, 11) is 0. The van der Waals surface area contributed by atoms with E-state index in [1.165, 1.54) is 6.42 Å². The van der Waals surface area contributed by atoms with Gasteiger partial charge in [-0.25, -0.2) is 0 Å². The van der Waals surface area contributed by atoms with E-state index in [4.69, 9.17) is 4.74 Å². The molecule has 0 aromatic rings. The van der Waals surface area contributed by atoms with Crippen LogP contribution in [0, 0.1) is 17.8 Å². The number of hydrogen-bond donors (Lipinski definition) is 0. The maximum atomic E-state index is 11.6. The summed E-state index contributed by atoms with van der Waals surface area (Å²) in [5, 5.41) is 0. The highest BCUT2D eigenvalue weighted by atomic mass is 16.5. The van der Waals surface area contributed by atoms with Gasteiger partial charge in [-0.1, -0.05) is 6.42 Å². The van der Waals surface area contributed by atoms with Crippen LogP contribution in [0.15, 0.2) is 0 Å². The lowest BCUT2D eigenvalue weighted by Gasteiger charge is -2.14. The van der Waals surface area contributed by atoms with Crippen molar-refractivity contribution < 1.29 is 14.3 Å². The normalized spacial score (nSPS) is 35.8. The molecule has 0 bridgehead atoms. The molecule has 0 aromatic carbocycles. The van der Waals surface area contributed by atoms with Crippen molar-refractivity contribution in [1.29, 1.82) is 0 Å². The van der Waals surface area contributed by atoms with Gasteiger partial charge in [0, 0.05) is 6.42 Å². The molecule has 0 amide bonds. The van der Waals surface area contributed by atoms with Crippen LogP contribution in [0.25, 0.3) is 0 Å². The van der Waals surface area contributed by atoms with E-state index >= 15 is 0 Å². The number of esters is 1. The molecule has 0 radical (unpaired) electrons. The van der Waals surface area contributed by atoms with Crippen molar-refractivity contribution in [3.8, 4) is 0 Å². The highest BCUT2D eigenvalue weighted by molar-refractivity contribution is 6.01. The van der Waals surface area contributed by atoms with Crippen LogP contribution in [0.5, 0.6) is 0 Å².